The number of carbonyl (C=O) groups is 1. The van der Waals surface area contributed by atoms with Crippen LogP contribution < -0.4 is 0 Å². The summed E-state index contributed by atoms with van der Waals surface area (Å²) < 4.78 is 7.78. The first-order valence-corrected chi connectivity index (χ1v) is 6.94. The van der Waals surface area contributed by atoms with Crippen molar-refractivity contribution in [1.29, 1.82) is 0 Å². The number of ether oxygens (including phenoxy) is 1. The Balaban J connectivity index is 2.22. The van der Waals surface area contributed by atoms with Gasteiger partial charge in [0.05, 0.1) is 19.1 Å². The highest BCUT2D eigenvalue weighted by molar-refractivity contribution is 14.1. The fourth-order valence-electron chi connectivity index (χ4n) is 1.77. The molecule has 0 saturated carbocycles. The van der Waals surface area contributed by atoms with Crippen LogP contribution in [0.5, 0.6) is 0 Å². The number of methoxy groups -OCH3 is 1. The molecule has 20 heavy (non-hydrogen) atoms. The fourth-order valence-corrected chi connectivity index (χ4v) is 2.32. The zero-order valence-corrected chi connectivity index (χ0v) is 12.9. The maximum atomic E-state index is 10.8. The standard InChI is InChI=1S/C12H13IN4O3/c1-20-10(6-11(18)19)7-17-12(14-15-16-17)8-3-2-4-9(13)5-8/h2-5,10H,6-7H2,1H3,(H,18,19). The van der Waals surface area contributed by atoms with Gasteiger partial charge in [0.25, 0.3) is 0 Å². The normalized spacial score (nSPS) is 12.3. The Morgan fingerprint density at radius 1 is 1.55 bits per heavy atom. The lowest BCUT2D eigenvalue weighted by Gasteiger charge is -2.13. The third-order valence-electron chi connectivity index (χ3n) is 2.73. The van der Waals surface area contributed by atoms with Gasteiger partial charge in [0.2, 0.25) is 0 Å². The van der Waals surface area contributed by atoms with Gasteiger partial charge in [0, 0.05) is 16.2 Å². The summed E-state index contributed by atoms with van der Waals surface area (Å²) in [5, 5.41) is 20.4. The van der Waals surface area contributed by atoms with Crippen molar-refractivity contribution in [2.24, 2.45) is 0 Å². The minimum atomic E-state index is -0.916. The molecule has 0 amide bonds. The highest BCUT2D eigenvalue weighted by atomic mass is 127. The molecule has 0 aliphatic carbocycles. The van der Waals surface area contributed by atoms with Gasteiger partial charge in [0.1, 0.15) is 0 Å². The van der Waals surface area contributed by atoms with Crippen LogP contribution in [0.2, 0.25) is 0 Å². The van der Waals surface area contributed by atoms with Crippen molar-refractivity contribution in [1.82, 2.24) is 20.2 Å². The lowest BCUT2D eigenvalue weighted by molar-refractivity contribution is -0.139. The Kier molecular flexibility index (Phi) is 5.01. The summed E-state index contributed by atoms with van der Waals surface area (Å²) in [4.78, 5) is 10.8. The molecule has 0 fully saturated rings. The molecule has 1 N–H and O–H groups in total. The first-order valence-electron chi connectivity index (χ1n) is 5.87. The topological polar surface area (TPSA) is 90.1 Å². The number of rotatable bonds is 6. The molecule has 2 aromatic rings. The van der Waals surface area contributed by atoms with Gasteiger partial charge in [-0.2, -0.15) is 0 Å². The number of benzene rings is 1. The maximum absolute atomic E-state index is 10.8. The average Bonchev–Trinajstić information content (AvgIpc) is 2.85. The van der Waals surface area contributed by atoms with E-state index >= 15 is 0 Å². The smallest absolute Gasteiger partial charge is 0.306 e. The largest absolute Gasteiger partial charge is 0.481 e. The highest BCUT2D eigenvalue weighted by Crippen LogP contribution is 2.19. The molecule has 1 aromatic carbocycles. The lowest BCUT2D eigenvalue weighted by atomic mass is 10.2. The molecule has 0 aliphatic rings. The Hall–Kier alpha value is -1.55. The molecule has 0 aliphatic heterocycles. The SMILES string of the molecule is COC(CC(=O)O)Cn1nnnc1-c1cccc(I)c1. The Bertz CT molecular complexity index is 602. The maximum Gasteiger partial charge on any atom is 0.306 e. The van der Waals surface area contributed by atoms with Gasteiger partial charge in [0.15, 0.2) is 5.82 Å². The molecule has 0 bridgehead atoms. The summed E-state index contributed by atoms with van der Waals surface area (Å²) in [6.07, 6.45) is -0.570. The van der Waals surface area contributed by atoms with Gasteiger partial charge in [-0.1, -0.05) is 12.1 Å². The van der Waals surface area contributed by atoms with Gasteiger partial charge in [-0.05, 0) is 45.2 Å². The molecular weight excluding hydrogens is 375 g/mol. The Labute approximate surface area is 129 Å². The second-order valence-corrected chi connectivity index (χ2v) is 5.40. The van der Waals surface area contributed by atoms with Crippen LogP contribution in [0.4, 0.5) is 0 Å². The molecular formula is C12H13IN4O3. The number of aliphatic carboxylic acids is 1. The van der Waals surface area contributed by atoms with Crippen LogP contribution >= 0.6 is 22.6 Å². The zero-order valence-electron chi connectivity index (χ0n) is 10.7. The molecule has 0 spiro atoms. The summed E-state index contributed by atoms with van der Waals surface area (Å²) in [5.41, 5.74) is 0.882. The molecule has 1 atom stereocenters. The third kappa shape index (κ3) is 3.73. The molecule has 1 unspecified atom stereocenters. The van der Waals surface area contributed by atoms with E-state index in [0.29, 0.717) is 5.82 Å². The van der Waals surface area contributed by atoms with Crippen LogP contribution in [0.3, 0.4) is 0 Å². The van der Waals surface area contributed by atoms with Crippen molar-refractivity contribution < 1.29 is 14.6 Å². The molecule has 1 heterocycles. The van der Waals surface area contributed by atoms with Crippen LogP contribution in [0.1, 0.15) is 6.42 Å². The monoisotopic (exact) mass is 388 g/mol. The van der Waals surface area contributed by atoms with Crippen molar-refractivity contribution in [2.45, 2.75) is 19.1 Å². The van der Waals surface area contributed by atoms with Crippen LogP contribution in [0.15, 0.2) is 24.3 Å². The number of carboxylic acids is 1. The molecule has 1 aromatic heterocycles. The number of halogens is 1. The second kappa shape index (κ2) is 6.75. The van der Waals surface area contributed by atoms with E-state index in [1.54, 1.807) is 4.68 Å². The van der Waals surface area contributed by atoms with E-state index in [-0.39, 0.29) is 13.0 Å². The predicted octanol–water partition coefficient (Wildman–Crippen LogP) is 1.43. The number of nitrogens with zero attached hydrogens (tertiary/aromatic N) is 4. The van der Waals surface area contributed by atoms with Crippen LogP contribution in [-0.4, -0.2) is 44.5 Å². The summed E-state index contributed by atoms with van der Waals surface area (Å²) >= 11 is 2.21. The molecule has 106 valence electrons. The van der Waals surface area contributed by atoms with Crippen molar-refractivity contribution in [3.8, 4) is 11.4 Å². The third-order valence-corrected chi connectivity index (χ3v) is 3.40. The van der Waals surface area contributed by atoms with Crippen molar-refractivity contribution in [3.63, 3.8) is 0 Å². The van der Waals surface area contributed by atoms with Crippen molar-refractivity contribution >= 4 is 28.6 Å². The van der Waals surface area contributed by atoms with E-state index in [0.717, 1.165) is 9.13 Å². The van der Waals surface area contributed by atoms with Gasteiger partial charge in [-0.15, -0.1) is 5.10 Å². The van der Waals surface area contributed by atoms with Crippen LogP contribution in [-0.2, 0) is 16.1 Å². The van der Waals surface area contributed by atoms with Gasteiger partial charge in [-0.25, -0.2) is 4.68 Å². The van der Waals surface area contributed by atoms with Crippen molar-refractivity contribution in [3.05, 3.63) is 27.8 Å². The number of aromatic nitrogens is 4. The number of carboxylic acid groups (broad SMARTS) is 1. The molecule has 0 saturated heterocycles. The minimum Gasteiger partial charge on any atom is -0.481 e. The van der Waals surface area contributed by atoms with E-state index in [9.17, 15) is 4.79 Å². The van der Waals surface area contributed by atoms with Gasteiger partial charge < -0.3 is 9.84 Å². The molecule has 7 nitrogen and oxygen atoms in total. The van der Waals surface area contributed by atoms with E-state index < -0.39 is 12.1 Å². The summed E-state index contributed by atoms with van der Waals surface area (Å²) in [6.45, 7) is 0.288. The Morgan fingerprint density at radius 2 is 2.35 bits per heavy atom. The summed E-state index contributed by atoms with van der Waals surface area (Å²) in [7, 11) is 1.48. The van der Waals surface area contributed by atoms with Gasteiger partial charge >= 0.3 is 5.97 Å². The fraction of sp³-hybridized carbons (Fsp3) is 0.333. The molecule has 8 heteroatoms. The first kappa shape index (κ1) is 14.9. The van der Waals surface area contributed by atoms with Crippen molar-refractivity contribution in [2.75, 3.05) is 7.11 Å². The minimum absolute atomic E-state index is 0.0951. The highest BCUT2D eigenvalue weighted by Gasteiger charge is 2.17. The van der Waals surface area contributed by atoms with E-state index in [4.69, 9.17) is 9.84 Å². The molecule has 0 radical (unpaired) electrons. The van der Waals surface area contributed by atoms with E-state index in [1.807, 2.05) is 24.3 Å². The molecule has 2 rings (SSSR count). The number of hydrogen-bond donors (Lipinski definition) is 1. The van der Waals surface area contributed by atoms with Crippen LogP contribution in [0.25, 0.3) is 11.4 Å². The predicted molar refractivity (Wildman–Crippen MR) is 79.0 cm³/mol. The first-order chi connectivity index (χ1) is 9.60. The van der Waals surface area contributed by atoms with Crippen LogP contribution in [0, 0.1) is 3.57 Å². The van der Waals surface area contributed by atoms with Gasteiger partial charge in [-0.3, -0.25) is 4.79 Å². The summed E-state index contributed by atoms with van der Waals surface area (Å²) in [6, 6.07) is 7.76. The quantitative estimate of drug-likeness (QED) is 0.754. The second-order valence-electron chi connectivity index (χ2n) is 4.15. The average molecular weight is 388 g/mol. The number of tetrazole rings is 1. The summed E-state index contributed by atoms with van der Waals surface area (Å²) in [5.74, 6) is -0.323. The van der Waals surface area contributed by atoms with E-state index in [2.05, 4.69) is 38.1 Å². The lowest BCUT2D eigenvalue weighted by Crippen LogP contribution is -2.23. The number of hydrogen-bond acceptors (Lipinski definition) is 5. The van der Waals surface area contributed by atoms with E-state index in [1.165, 1.54) is 7.11 Å². The Morgan fingerprint density at radius 3 is 3.00 bits per heavy atom. The zero-order chi connectivity index (χ0) is 14.5.